The molecule has 0 bridgehead atoms. The van der Waals surface area contributed by atoms with E-state index >= 15 is 0 Å². The zero-order valence-corrected chi connectivity index (χ0v) is 11.4. The molecule has 0 aromatic rings. The maximum absolute atomic E-state index is 11.8. The highest BCUT2D eigenvalue weighted by Crippen LogP contribution is 2.68. The molecule has 0 aromatic carbocycles. The summed E-state index contributed by atoms with van der Waals surface area (Å²) < 4.78 is 11.7. The maximum atomic E-state index is 11.8. The highest BCUT2D eigenvalue weighted by Gasteiger charge is 2.74. The first-order valence-electron chi connectivity index (χ1n) is 7.36. The number of rotatable bonds is 0. The minimum atomic E-state index is 0.00787. The average molecular weight is 250 g/mol. The van der Waals surface area contributed by atoms with Gasteiger partial charge in [-0.1, -0.05) is 20.8 Å². The van der Waals surface area contributed by atoms with Gasteiger partial charge in [0.2, 0.25) is 0 Å². The van der Waals surface area contributed by atoms with Crippen molar-refractivity contribution >= 4 is 5.97 Å². The van der Waals surface area contributed by atoms with Crippen molar-refractivity contribution in [3.05, 3.63) is 0 Å². The SMILES string of the molecule is CC1C(=O)OC2CC34OC3CCC(C)C4(C)CC21. The Bertz CT molecular complexity index is 420. The van der Waals surface area contributed by atoms with Crippen LogP contribution in [0, 0.1) is 23.2 Å². The second kappa shape index (κ2) is 3.12. The summed E-state index contributed by atoms with van der Waals surface area (Å²) in [6, 6.07) is 0. The topological polar surface area (TPSA) is 38.8 Å². The van der Waals surface area contributed by atoms with Gasteiger partial charge in [0.25, 0.3) is 0 Å². The van der Waals surface area contributed by atoms with Gasteiger partial charge in [0.05, 0.1) is 12.0 Å². The Morgan fingerprint density at radius 2 is 2.00 bits per heavy atom. The maximum Gasteiger partial charge on any atom is 0.309 e. The van der Waals surface area contributed by atoms with Crippen molar-refractivity contribution in [2.75, 3.05) is 0 Å². The lowest BCUT2D eigenvalue weighted by Crippen LogP contribution is -2.54. The molecule has 4 rings (SSSR count). The van der Waals surface area contributed by atoms with Gasteiger partial charge in [0.1, 0.15) is 11.7 Å². The van der Waals surface area contributed by atoms with Gasteiger partial charge in [-0.25, -0.2) is 0 Å². The minimum Gasteiger partial charge on any atom is -0.462 e. The molecule has 0 N–H and O–H groups in total. The van der Waals surface area contributed by atoms with Gasteiger partial charge >= 0.3 is 5.97 Å². The van der Waals surface area contributed by atoms with Crippen LogP contribution in [0.15, 0.2) is 0 Å². The number of ether oxygens (including phenoxy) is 2. The van der Waals surface area contributed by atoms with Crippen molar-refractivity contribution in [2.45, 2.75) is 64.3 Å². The zero-order chi connectivity index (χ0) is 12.7. The van der Waals surface area contributed by atoms with Crippen LogP contribution in [0.3, 0.4) is 0 Å². The van der Waals surface area contributed by atoms with Crippen molar-refractivity contribution in [3.8, 4) is 0 Å². The number of epoxide rings is 1. The largest absolute Gasteiger partial charge is 0.462 e. The molecule has 100 valence electrons. The van der Waals surface area contributed by atoms with Crippen molar-refractivity contribution < 1.29 is 14.3 Å². The number of fused-ring (bicyclic) bond motifs is 1. The number of esters is 1. The second-order valence-corrected chi connectivity index (χ2v) is 7.23. The lowest BCUT2D eigenvalue weighted by Gasteiger charge is -2.50. The number of carbonyl (C=O) groups excluding carboxylic acids is 1. The highest BCUT2D eigenvalue weighted by molar-refractivity contribution is 5.75. The second-order valence-electron chi connectivity index (χ2n) is 7.23. The van der Waals surface area contributed by atoms with Crippen LogP contribution in [0.1, 0.15) is 46.5 Å². The lowest BCUT2D eigenvalue weighted by atomic mass is 9.52. The molecule has 18 heavy (non-hydrogen) atoms. The van der Waals surface area contributed by atoms with Crippen molar-refractivity contribution in [1.82, 2.24) is 0 Å². The molecule has 0 radical (unpaired) electrons. The molecule has 2 saturated heterocycles. The molecule has 4 aliphatic rings. The summed E-state index contributed by atoms with van der Waals surface area (Å²) in [5.74, 6) is 1.20. The zero-order valence-electron chi connectivity index (χ0n) is 11.4. The van der Waals surface area contributed by atoms with Gasteiger partial charge in [-0.3, -0.25) is 4.79 Å². The summed E-state index contributed by atoms with van der Waals surface area (Å²) >= 11 is 0. The van der Waals surface area contributed by atoms with Gasteiger partial charge < -0.3 is 9.47 Å². The Hall–Kier alpha value is -0.570. The van der Waals surface area contributed by atoms with E-state index in [1.165, 1.54) is 12.8 Å². The van der Waals surface area contributed by atoms with Crippen molar-refractivity contribution in [1.29, 1.82) is 0 Å². The molecule has 0 aromatic heterocycles. The Morgan fingerprint density at radius 1 is 1.22 bits per heavy atom. The first-order valence-corrected chi connectivity index (χ1v) is 7.36. The van der Waals surface area contributed by atoms with Crippen LogP contribution < -0.4 is 0 Å². The minimum absolute atomic E-state index is 0.00787. The normalized spacial score (nSPS) is 61.5. The fraction of sp³-hybridized carbons (Fsp3) is 0.933. The molecular formula is C15H22O3. The van der Waals surface area contributed by atoms with Gasteiger partial charge in [0, 0.05) is 17.8 Å². The fourth-order valence-electron chi connectivity index (χ4n) is 5.07. The van der Waals surface area contributed by atoms with Gasteiger partial charge in [0.15, 0.2) is 0 Å². The smallest absolute Gasteiger partial charge is 0.309 e. The molecule has 2 heterocycles. The van der Waals surface area contributed by atoms with E-state index < -0.39 is 0 Å². The Kier molecular flexibility index (Phi) is 1.95. The Balaban J connectivity index is 1.72. The first kappa shape index (κ1) is 11.3. The molecular weight excluding hydrogens is 228 g/mol. The van der Waals surface area contributed by atoms with E-state index in [9.17, 15) is 4.79 Å². The third kappa shape index (κ3) is 1.08. The predicted molar refractivity (Wildman–Crippen MR) is 65.9 cm³/mol. The summed E-state index contributed by atoms with van der Waals surface area (Å²) in [5, 5.41) is 0. The van der Waals surface area contributed by atoms with Crippen LogP contribution >= 0.6 is 0 Å². The lowest BCUT2D eigenvalue weighted by molar-refractivity contribution is -0.146. The van der Waals surface area contributed by atoms with E-state index in [0.29, 0.717) is 17.9 Å². The molecule has 3 heteroatoms. The molecule has 0 amide bonds. The number of hydrogen-bond acceptors (Lipinski definition) is 3. The van der Waals surface area contributed by atoms with Crippen molar-refractivity contribution in [2.24, 2.45) is 23.2 Å². The van der Waals surface area contributed by atoms with Crippen LogP contribution in [0.4, 0.5) is 0 Å². The third-order valence-corrected chi connectivity index (χ3v) is 6.65. The quantitative estimate of drug-likeness (QED) is 0.490. The molecule has 2 saturated carbocycles. The Labute approximate surface area is 108 Å². The molecule has 2 aliphatic heterocycles. The van der Waals surface area contributed by atoms with Crippen LogP contribution in [0.2, 0.25) is 0 Å². The predicted octanol–water partition coefficient (Wildman–Crippen LogP) is 2.53. The molecule has 2 aliphatic carbocycles. The van der Waals surface area contributed by atoms with Gasteiger partial charge in [-0.2, -0.15) is 0 Å². The van der Waals surface area contributed by atoms with Crippen LogP contribution in [-0.2, 0) is 14.3 Å². The summed E-state index contributed by atoms with van der Waals surface area (Å²) in [4.78, 5) is 11.8. The van der Waals surface area contributed by atoms with Crippen molar-refractivity contribution in [3.63, 3.8) is 0 Å². The molecule has 7 unspecified atom stereocenters. The fourth-order valence-corrected chi connectivity index (χ4v) is 5.07. The average Bonchev–Trinajstić information content (AvgIpc) is 2.98. The van der Waals surface area contributed by atoms with E-state index in [-0.39, 0.29) is 29.0 Å². The summed E-state index contributed by atoms with van der Waals surface area (Å²) in [7, 11) is 0. The monoisotopic (exact) mass is 250 g/mol. The van der Waals surface area contributed by atoms with E-state index in [1.807, 2.05) is 6.92 Å². The Morgan fingerprint density at radius 3 is 2.78 bits per heavy atom. The molecule has 7 atom stereocenters. The van der Waals surface area contributed by atoms with E-state index in [1.54, 1.807) is 0 Å². The standard InChI is InChI=1S/C15H22O3/c1-8-4-5-12-15(18-12)7-11-10(6-14(8,15)3)9(2)13(16)17-11/h8-12H,4-7H2,1-3H3. The molecule has 4 fully saturated rings. The van der Waals surface area contributed by atoms with E-state index in [0.717, 1.165) is 12.8 Å². The summed E-state index contributed by atoms with van der Waals surface area (Å²) in [5.41, 5.74) is 0.287. The van der Waals surface area contributed by atoms with Gasteiger partial charge in [-0.05, 0) is 25.2 Å². The van der Waals surface area contributed by atoms with Crippen LogP contribution in [0.5, 0.6) is 0 Å². The van der Waals surface area contributed by atoms with Crippen LogP contribution in [0.25, 0.3) is 0 Å². The van der Waals surface area contributed by atoms with Gasteiger partial charge in [-0.15, -0.1) is 0 Å². The van der Waals surface area contributed by atoms with E-state index in [4.69, 9.17) is 9.47 Å². The summed E-state index contributed by atoms with van der Waals surface area (Å²) in [6.45, 7) is 6.79. The van der Waals surface area contributed by atoms with E-state index in [2.05, 4.69) is 13.8 Å². The highest BCUT2D eigenvalue weighted by atomic mass is 16.6. The third-order valence-electron chi connectivity index (χ3n) is 6.65. The van der Waals surface area contributed by atoms with Crippen LogP contribution in [-0.4, -0.2) is 23.8 Å². The first-order chi connectivity index (χ1) is 8.48. The molecule has 1 spiro atoms. The number of hydrogen-bond donors (Lipinski definition) is 0. The number of carbonyl (C=O) groups is 1. The summed E-state index contributed by atoms with van der Waals surface area (Å²) in [6.07, 6.45) is 5.06. The molecule has 3 nitrogen and oxygen atoms in total.